The van der Waals surface area contributed by atoms with E-state index in [2.05, 4.69) is 319 Å². The number of nitrogens with zero attached hydrogens (tertiary/aromatic N) is 4. The largest absolute Gasteiger partial charge is 0.300 e. The Balaban J connectivity index is 0.00000983. The summed E-state index contributed by atoms with van der Waals surface area (Å²) < 4.78 is 0. The average molecular weight is 1430 g/mol. The van der Waals surface area contributed by atoms with Crippen LogP contribution >= 0.6 is 0 Å². The van der Waals surface area contributed by atoms with E-state index in [1.165, 1.54) is 66.8 Å². The Labute approximate surface area is 583 Å². The van der Waals surface area contributed by atoms with Crippen LogP contribution in [0.3, 0.4) is 0 Å². The molecule has 0 aliphatic rings. The second-order valence-corrected chi connectivity index (χ2v) is 29.0. The monoisotopic (exact) mass is 1430 g/mol. The van der Waals surface area contributed by atoms with Gasteiger partial charge in [-0.3, -0.25) is 19.9 Å². The summed E-state index contributed by atoms with van der Waals surface area (Å²) in [5, 5.41) is 0. The van der Waals surface area contributed by atoms with Crippen molar-refractivity contribution in [2.45, 2.75) is 183 Å². The summed E-state index contributed by atoms with van der Waals surface area (Å²) in [5.74, 6) is 2.26. The molecule has 1 unspecified atom stereocenters. The van der Waals surface area contributed by atoms with Crippen LogP contribution in [0.1, 0.15) is 250 Å². The molecular weight excluding hydrogens is 1330 g/mol. The van der Waals surface area contributed by atoms with Gasteiger partial charge < -0.3 is 0 Å². The molecule has 4 aromatic heterocycles. The zero-order chi connectivity index (χ0) is 66.9. The maximum atomic E-state index is 6.13. The second-order valence-electron chi connectivity index (χ2n) is 29.0. The molecule has 0 saturated carbocycles. The van der Waals surface area contributed by atoms with Gasteiger partial charge in [0.2, 0.25) is 0 Å². The third kappa shape index (κ3) is 13.7. The fourth-order valence-corrected chi connectivity index (χ4v) is 14.5. The molecule has 4 nitrogen and oxygen atoms in total. The van der Waals surface area contributed by atoms with Gasteiger partial charge in [0.15, 0.2) is 0 Å². The molecule has 5 heteroatoms. The van der Waals surface area contributed by atoms with Gasteiger partial charge >= 0.3 is 0 Å². The molecule has 487 valence electrons. The number of hydrogen-bond donors (Lipinski definition) is 0. The van der Waals surface area contributed by atoms with E-state index in [0.29, 0.717) is 35.5 Å². The van der Waals surface area contributed by atoms with Crippen LogP contribution in [0.2, 0.25) is 0 Å². The topological polar surface area (TPSA) is 51.6 Å². The molecule has 0 amide bonds. The number of benzene rings is 7. The van der Waals surface area contributed by atoms with E-state index in [1.54, 1.807) is 0 Å². The quantitative estimate of drug-likeness (QED) is 0.0714. The molecule has 1 radical (unpaired) electrons. The van der Waals surface area contributed by atoms with E-state index in [-0.39, 0.29) is 31.9 Å². The first-order chi connectivity index (χ1) is 45.0. The predicted molar refractivity (Wildman–Crippen MR) is 398 cm³/mol. The molecule has 0 N–H and O–H groups in total. The molecule has 0 aliphatic heterocycles. The maximum Gasteiger partial charge on any atom is 0.0930 e. The van der Waals surface area contributed by atoms with Crippen LogP contribution in [0.5, 0.6) is 0 Å². The molecule has 0 bridgehead atoms. The second kappa shape index (κ2) is 29.0. The normalized spacial score (nSPS) is 12.7. The SMILES string of the molecule is CC(C)c1cccc(C(C)C)c1-c1cc(-c2cc(-c3ccccc3)cc(C(C)(c3cc(-c4c(C(C)C)cccc4C(C)C)ccn3)c3cc(-c4c(C(C)C)cccc4C(C)C)ccn3)n2)[c-]c(C(C)(c2[c-]cccc2)c2cc(-c3c(C(C)C)cccc3C(C)C)ccn2)c1.[Ir]. The number of rotatable bonds is 20. The van der Waals surface area contributed by atoms with E-state index < -0.39 is 10.8 Å². The first-order valence-electron chi connectivity index (χ1n) is 34.6. The molecule has 7 aromatic carbocycles. The molecule has 11 rings (SSSR count). The van der Waals surface area contributed by atoms with Crippen LogP contribution in [0.4, 0.5) is 0 Å². The van der Waals surface area contributed by atoms with Crippen molar-refractivity contribution >= 4 is 0 Å². The molecule has 0 fully saturated rings. The molecule has 0 aliphatic carbocycles. The van der Waals surface area contributed by atoms with Crippen molar-refractivity contribution in [3.05, 3.63) is 297 Å². The van der Waals surface area contributed by atoms with Crippen molar-refractivity contribution in [2.75, 3.05) is 0 Å². The Hall–Kier alpha value is -8.21. The van der Waals surface area contributed by atoms with Crippen LogP contribution in [0.25, 0.3) is 66.9 Å². The van der Waals surface area contributed by atoms with E-state index in [0.717, 1.165) is 78.5 Å². The summed E-state index contributed by atoms with van der Waals surface area (Å²) in [6.45, 7) is 41.6. The van der Waals surface area contributed by atoms with Gasteiger partial charge in [0.25, 0.3) is 0 Å². The van der Waals surface area contributed by atoms with E-state index >= 15 is 0 Å². The van der Waals surface area contributed by atoms with E-state index in [1.807, 2.05) is 24.7 Å². The third-order valence-corrected chi connectivity index (χ3v) is 19.8. The van der Waals surface area contributed by atoms with Gasteiger partial charge in [0.1, 0.15) is 0 Å². The van der Waals surface area contributed by atoms with Gasteiger partial charge in [-0.25, -0.2) is 0 Å². The Morgan fingerprint density at radius 1 is 0.295 bits per heavy atom. The van der Waals surface area contributed by atoms with Crippen LogP contribution in [-0.4, -0.2) is 19.9 Å². The van der Waals surface area contributed by atoms with Gasteiger partial charge in [-0.2, -0.15) is 30.3 Å². The number of hydrogen-bond acceptors (Lipinski definition) is 4. The van der Waals surface area contributed by atoms with Gasteiger partial charge in [-0.05, 0) is 204 Å². The summed E-state index contributed by atoms with van der Waals surface area (Å²) >= 11 is 0. The van der Waals surface area contributed by atoms with Gasteiger partial charge in [0, 0.05) is 49.8 Å². The molecule has 0 spiro atoms. The van der Waals surface area contributed by atoms with Gasteiger partial charge in [0.05, 0.1) is 22.5 Å². The molecule has 11 aromatic rings. The Kier molecular flexibility index (Phi) is 21.3. The van der Waals surface area contributed by atoms with Crippen molar-refractivity contribution in [2.24, 2.45) is 0 Å². The van der Waals surface area contributed by atoms with Crippen molar-refractivity contribution in [3.63, 3.8) is 0 Å². The van der Waals surface area contributed by atoms with Crippen molar-refractivity contribution in [1.82, 2.24) is 19.9 Å². The van der Waals surface area contributed by atoms with Crippen LogP contribution < -0.4 is 0 Å². The Morgan fingerprint density at radius 3 is 1.00 bits per heavy atom. The summed E-state index contributed by atoms with van der Waals surface area (Å²) in [5.41, 5.74) is 27.4. The summed E-state index contributed by atoms with van der Waals surface area (Å²) in [7, 11) is 0. The fraction of sp³-hybridized carbons (Fsp3) is 0.311. The van der Waals surface area contributed by atoms with Crippen LogP contribution in [-0.2, 0) is 30.9 Å². The standard InChI is InChI=1S/C90H96N4.Ir/c1-55(2)72-33-25-34-73(56(3)4)85(72)64-41-44-91-81(51-64)89(17,70-31-23-20-24-32-70)71-48-68(47-69(49-71)88-78(61(13)14)39-28-40-79(88)62(15)16)80-50-67(63-29-21-19-22-30-63)54-84(94-80)90(18,82-52-65(42-45-92-82)86-74(57(5)6)35-26-36-75(86)58(7)8)83-53-66(43-46-93-83)87-76(59(9)10)37-27-38-77(87)60(11)12;/h19-31,33-47,49-62H,1-18H3;/q-2;. The Bertz CT molecular complexity index is 4280. The minimum atomic E-state index is -1.03. The minimum absolute atomic E-state index is 0. The maximum absolute atomic E-state index is 6.13. The Morgan fingerprint density at radius 2 is 0.642 bits per heavy atom. The number of aromatic nitrogens is 4. The molecule has 1 atom stereocenters. The molecule has 0 saturated heterocycles. The third-order valence-electron chi connectivity index (χ3n) is 19.8. The van der Waals surface area contributed by atoms with E-state index in [4.69, 9.17) is 19.9 Å². The average Bonchev–Trinajstić information content (AvgIpc) is 0.745. The molecule has 4 heterocycles. The van der Waals surface area contributed by atoms with Gasteiger partial charge in [-0.15, -0.1) is 34.9 Å². The van der Waals surface area contributed by atoms with Gasteiger partial charge in [-0.1, -0.05) is 226 Å². The molecular formula is C90H96IrN4-2. The zero-order valence-corrected chi connectivity index (χ0v) is 61.8. The summed E-state index contributed by atoms with van der Waals surface area (Å²) in [6.07, 6.45) is 6.04. The number of pyridine rings is 4. The van der Waals surface area contributed by atoms with Crippen molar-refractivity contribution in [1.29, 1.82) is 0 Å². The van der Waals surface area contributed by atoms with Crippen molar-refractivity contribution < 1.29 is 20.1 Å². The fourth-order valence-electron chi connectivity index (χ4n) is 14.5. The predicted octanol–water partition coefficient (Wildman–Crippen LogP) is 24.6. The van der Waals surface area contributed by atoms with Crippen LogP contribution in [0.15, 0.2) is 207 Å². The molecule has 95 heavy (non-hydrogen) atoms. The first-order valence-corrected chi connectivity index (χ1v) is 34.6. The first kappa shape index (κ1) is 69.6. The smallest absolute Gasteiger partial charge is 0.0930 e. The zero-order valence-electron chi connectivity index (χ0n) is 59.4. The summed E-state index contributed by atoms with van der Waals surface area (Å²) in [6, 6.07) is 77.6. The summed E-state index contributed by atoms with van der Waals surface area (Å²) in [4.78, 5) is 22.6. The van der Waals surface area contributed by atoms with Crippen molar-refractivity contribution in [3.8, 4) is 66.9 Å². The van der Waals surface area contributed by atoms with Crippen LogP contribution in [0, 0.1) is 12.1 Å². The van der Waals surface area contributed by atoms with E-state index in [9.17, 15) is 0 Å². The minimum Gasteiger partial charge on any atom is -0.300 e.